The Morgan fingerprint density at radius 2 is 2.03 bits per heavy atom. The van der Waals surface area contributed by atoms with E-state index in [1.807, 2.05) is 17.0 Å². The first-order valence-corrected chi connectivity index (χ1v) is 12.4. The van der Waals surface area contributed by atoms with Crippen LogP contribution in [0.4, 0.5) is 0 Å². The first-order valence-electron chi connectivity index (χ1n) is 12.4. The highest BCUT2D eigenvalue weighted by Gasteiger charge is 2.32. The minimum atomic E-state index is 0.199. The number of hydrogen-bond donors (Lipinski definition) is 2. The van der Waals surface area contributed by atoms with Crippen molar-refractivity contribution in [2.24, 2.45) is 23.7 Å². The van der Waals surface area contributed by atoms with Gasteiger partial charge in [-0.25, -0.2) is 4.98 Å². The second-order valence-electron chi connectivity index (χ2n) is 10.2. The molecule has 180 valence electrons. The summed E-state index contributed by atoms with van der Waals surface area (Å²) < 4.78 is 5.24. The molecule has 2 aliphatic rings. The maximum absolute atomic E-state index is 11.6. The first-order chi connectivity index (χ1) is 15.8. The average molecular weight is 454 g/mol. The van der Waals surface area contributed by atoms with Gasteiger partial charge in [0.15, 0.2) is 5.65 Å². The van der Waals surface area contributed by atoms with E-state index in [1.54, 1.807) is 14.0 Å². The van der Waals surface area contributed by atoms with Crippen molar-refractivity contribution in [2.45, 2.75) is 59.4 Å². The van der Waals surface area contributed by atoms with Crippen molar-refractivity contribution in [1.82, 2.24) is 25.2 Å². The number of H-pyrrole nitrogens is 1. The number of piperidine rings is 1. The number of methoxy groups -OCH3 is 1. The number of aromatic nitrogens is 3. The number of rotatable bonds is 7. The van der Waals surface area contributed by atoms with E-state index in [0.29, 0.717) is 35.6 Å². The van der Waals surface area contributed by atoms with Gasteiger partial charge in [-0.3, -0.25) is 4.79 Å². The lowest BCUT2D eigenvalue weighted by Gasteiger charge is -2.39. The fourth-order valence-corrected chi connectivity index (χ4v) is 5.58. The van der Waals surface area contributed by atoms with Crippen LogP contribution in [0.25, 0.3) is 11.2 Å². The molecule has 1 fully saturated rings. The number of nitrogens with zero attached hydrogens (tertiary/aromatic N) is 3. The summed E-state index contributed by atoms with van der Waals surface area (Å²) >= 11 is 0. The molecule has 33 heavy (non-hydrogen) atoms. The number of pyridine rings is 1. The number of hydrogen-bond acceptors (Lipinski definition) is 5. The molecule has 1 aliphatic heterocycles. The highest BCUT2D eigenvalue weighted by Crippen LogP contribution is 2.38. The van der Waals surface area contributed by atoms with Gasteiger partial charge in [-0.15, -0.1) is 0 Å². The number of allylic oxidation sites excluding steroid dienone is 1. The number of carbonyl (C=O) groups excluding carboxylic acids is 1. The summed E-state index contributed by atoms with van der Waals surface area (Å²) in [5, 5.41) is 3.83. The second kappa shape index (κ2) is 10.2. The third-order valence-electron chi connectivity index (χ3n) is 7.68. The third kappa shape index (κ3) is 5.57. The van der Waals surface area contributed by atoms with Crippen LogP contribution < -0.4 is 10.1 Å². The lowest BCUT2D eigenvalue weighted by Crippen LogP contribution is -2.46. The van der Waals surface area contributed by atoms with Crippen molar-refractivity contribution in [3.05, 3.63) is 29.6 Å². The highest BCUT2D eigenvalue weighted by atomic mass is 16.5. The zero-order valence-electron chi connectivity index (χ0n) is 20.7. The van der Waals surface area contributed by atoms with E-state index in [-0.39, 0.29) is 5.91 Å². The minimum absolute atomic E-state index is 0.199. The van der Waals surface area contributed by atoms with E-state index >= 15 is 0 Å². The van der Waals surface area contributed by atoms with E-state index < -0.39 is 0 Å². The number of aromatic amines is 1. The molecule has 0 saturated carbocycles. The van der Waals surface area contributed by atoms with Gasteiger partial charge in [0.2, 0.25) is 11.8 Å². The Hall–Kier alpha value is -2.41. The van der Waals surface area contributed by atoms with Crippen LogP contribution in [0.3, 0.4) is 0 Å². The van der Waals surface area contributed by atoms with Gasteiger partial charge in [0.05, 0.1) is 12.6 Å². The van der Waals surface area contributed by atoms with Gasteiger partial charge in [-0.05, 0) is 55.9 Å². The van der Waals surface area contributed by atoms with E-state index in [4.69, 9.17) is 9.72 Å². The molecule has 2 aromatic heterocycles. The topological polar surface area (TPSA) is 83.1 Å². The standard InChI is InChI=1S/C26H39N5O2/c1-16(2)22-13-19(14-24-28-23-6-7-25(33-5)30-26(23)29-24)17(3)12-20(22)15-27-21-8-10-31(11-9-21)18(4)32/h6-7,12,16,19-22,27H,8-11,13-15H2,1-5H3,(H,28,29,30). The van der Waals surface area contributed by atoms with Gasteiger partial charge in [-0.1, -0.05) is 25.5 Å². The third-order valence-corrected chi connectivity index (χ3v) is 7.68. The largest absolute Gasteiger partial charge is 0.481 e. The van der Waals surface area contributed by atoms with Gasteiger partial charge >= 0.3 is 0 Å². The van der Waals surface area contributed by atoms with Crippen LogP contribution in [0.2, 0.25) is 0 Å². The predicted molar refractivity (Wildman–Crippen MR) is 131 cm³/mol. The first kappa shape index (κ1) is 23.7. The number of imidazole rings is 1. The Bertz CT molecular complexity index is 990. The number of amides is 1. The molecular weight excluding hydrogens is 414 g/mol. The second-order valence-corrected chi connectivity index (χ2v) is 10.2. The number of likely N-dealkylation sites (tertiary alicyclic amines) is 1. The van der Waals surface area contributed by atoms with Crippen LogP contribution in [0.5, 0.6) is 5.88 Å². The molecule has 7 heteroatoms. The molecule has 1 saturated heterocycles. The normalized spacial score (nSPS) is 24.4. The van der Waals surface area contributed by atoms with Crippen LogP contribution >= 0.6 is 0 Å². The average Bonchev–Trinajstić information content (AvgIpc) is 3.20. The number of nitrogens with one attached hydrogen (secondary N) is 2. The molecule has 0 radical (unpaired) electrons. The Morgan fingerprint density at radius 1 is 1.27 bits per heavy atom. The van der Waals surface area contributed by atoms with E-state index in [0.717, 1.165) is 55.9 Å². The molecule has 3 heterocycles. The fraction of sp³-hybridized carbons (Fsp3) is 0.654. The van der Waals surface area contributed by atoms with Gasteiger partial charge in [0, 0.05) is 45.1 Å². The molecule has 0 spiro atoms. The Morgan fingerprint density at radius 3 is 2.70 bits per heavy atom. The quantitative estimate of drug-likeness (QED) is 0.620. The van der Waals surface area contributed by atoms with Crippen molar-refractivity contribution >= 4 is 17.1 Å². The van der Waals surface area contributed by atoms with Gasteiger partial charge in [0.25, 0.3) is 0 Å². The molecule has 3 unspecified atom stereocenters. The summed E-state index contributed by atoms with van der Waals surface area (Å²) in [7, 11) is 1.63. The van der Waals surface area contributed by atoms with E-state index in [1.165, 1.54) is 12.0 Å². The summed E-state index contributed by atoms with van der Waals surface area (Å²) in [5.74, 6) is 4.11. The zero-order valence-corrected chi connectivity index (χ0v) is 20.7. The molecule has 0 aromatic carbocycles. The Kier molecular flexibility index (Phi) is 7.37. The smallest absolute Gasteiger partial charge is 0.219 e. The summed E-state index contributed by atoms with van der Waals surface area (Å²) in [5.41, 5.74) is 3.15. The summed E-state index contributed by atoms with van der Waals surface area (Å²) in [6.45, 7) is 11.4. The van der Waals surface area contributed by atoms with Crippen LogP contribution in [-0.2, 0) is 11.2 Å². The van der Waals surface area contributed by atoms with Gasteiger partial charge < -0.3 is 19.9 Å². The van der Waals surface area contributed by atoms with Crippen molar-refractivity contribution < 1.29 is 9.53 Å². The highest BCUT2D eigenvalue weighted by molar-refractivity contribution is 5.73. The number of fused-ring (bicyclic) bond motifs is 1. The van der Waals surface area contributed by atoms with Gasteiger partial charge in [0.1, 0.15) is 5.82 Å². The molecule has 7 nitrogen and oxygen atoms in total. The Balaban J connectivity index is 1.40. The Labute approximate surface area is 197 Å². The summed E-state index contributed by atoms with van der Waals surface area (Å²) in [4.78, 5) is 26.2. The molecule has 1 aliphatic carbocycles. The van der Waals surface area contributed by atoms with E-state index in [9.17, 15) is 4.79 Å². The predicted octanol–water partition coefficient (Wildman–Crippen LogP) is 3.96. The molecule has 4 rings (SSSR count). The van der Waals surface area contributed by atoms with Crippen molar-refractivity contribution in [3.8, 4) is 5.88 Å². The van der Waals surface area contributed by atoms with Crippen molar-refractivity contribution in [3.63, 3.8) is 0 Å². The van der Waals surface area contributed by atoms with Gasteiger partial charge in [-0.2, -0.15) is 4.98 Å². The lowest BCUT2D eigenvalue weighted by molar-refractivity contribution is -0.129. The molecular formula is C26H39N5O2. The minimum Gasteiger partial charge on any atom is -0.481 e. The zero-order chi connectivity index (χ0) is 23.5. The lowest BCUT2D eigenvalue weighted by atomic mass is 9.69. The molecule has 0 bridgehead atoms. The SMILES string of the molecule is COc1ccc2[nH]c(CC3CC(C(C)C)C(CNC4CCN(C(C)=O)CC4)C=C3C)nc2n1. The number of carbonyl (C=O) groups is 1. The van der Waals surface area contributed by atoms with Crippen LogP contribution in [-0.4, -0.2) is 58.5 Å². The molecule has 3 atom stereocenters. The molecule has 2 N–H and O–H groups in total. The van der Waals surface area contributed by atoms with Crippen molar-refractivity contribution in [1.29, 1.82) is 0 Å². The molecule has 1 amide bonds. The van der Waals surface area contributed by atoms with Crippen LogP contribution in [0.15, 0.2) is 23.8 Å². The maximum Gasteiger partial charge on any atom is 0.219 e. The molecule has 2 aromatic rings. The van der Waals surface area contributed by atoms with E-state index in [2.05, 4.69) is 42.1 Å². The fourth-order valence-electron chi connectivity index (χ4n) is 5.58. The summed E-state index contributed by atoms with van der Waals surface area (Å²) in [6, 6.07) is 4.37. The van der Waals surface area contributed by atoms with Crippen LogP contribution in [0.1, 0.15) is 52.8 Å². The van der Waals surface area contributed by atoms with Crippen molar-refractivity contribution in [2.75, 3.05) is 26.7 Å². The monoisotopic (exact) mass is 453 g/mol. The number of ether oxygens (including phenoxy) is 1. The summed E-state index contributed by atoms with van der Waals surface area (Å²) in [6.07, 6.45) is 6.71. The maximum atomic E-state index is 11.6. The van der Waals surface area contributed by atoms with Crippen LogP contribution in [0, 0.1) is 23.7 Å².